The van der Waals surface area contributed by atoms with Crippen LogP contribution in [0, 0.1) is 19.3 Å². The lowest BCUT2D eigenvalue weighted by Gasteiger charge is -2.19. The molecule has 0 aliphatic carbocycles. The maximum absolute atomic E-state index is 12.4. The number of nitrogens with zero attached hydrogens (tertiary/aromatic N) is 1. The molecule has 0 saturated carbocycles. The summed E-state index contributed by atoms with van der Waals surface area (Å²) in [6, 6.07) is 3.14. The summed E-state index contributed by atoms with van der Waals surface area (Å²) in [5, 5.41) is 0. The second-order valence-corrected chi connectivity index (χ2v) is 6.54. The van der Waals surface area contributed by atoms with Crippen molar-refractivity contribution in [1.82, 2.24) is 4.31 Å². The normalized spacial score (nSPS) is 11.5. The fourth-order valence-electron chi connectivity index (χ4n) is 1.55. The molecule has 0 unspecified atom stereocenters. The van der Waals surface area contributed by atoms with Gasteiger partial charge in [0.25, 0.3) is 0 Å². The van der Waals surface area contributed by atoms with Gasteiger partial charge >= 0.3 is 0 Å². The first-order chi connectivity index (χ1) is 8.34. The van der Waals surface area contributed by atoms with Crippen molar-refractivity contribution in [2.24, 2.45) is 0 Å². The fourth-order valence-corrected chi connectivity index (χ4v) is 3.62. The van der Waals surface area contributed by atoms with E-state index < -0.39 is 10.0 Å². The first-order valence-electron chi connectivity index (χ1n) is 5.33. The van der Waals surface area contributed by atoms with Crippen molar-refractivity contribution >= 4 is 31.6 Å². The van der Waals surface area contributed by atoms with E-state index in [1.54, 1.807) is 19.9 Å². The Bertz CT molecular complexity index is 591. The van der Waals surface area contributed by atoms with Crippen LogP contribution in [-0.4, -0.2) is 25.8 Å². The lowest BCUT2D eigenvalue weighted by Crippen LogP contribution is -2.31. The second-order valence-electron chi connectivity index (χ2n) is 3.77. The molecule has 0 spiro atoms. The minimum atomic E-state index is -3.59. The number of sulfonamides is 1. The zero-order valence-electron chi connectivity index (χ0n) is 10.3. The van der Waals surface area contributed by atoms with Gasteiger partial charge in [0.05, 0.1) is 11.4 Å². The minimum Gasteiger partial charge on any atom is -0.398 e. The summed E-state index contributed by atoms with van der Waals surface area (Å²) >= 11 is 3.27. The van der Waals surface area contributed by atoms with E-state index in [0.717, 1.165) is 0 Å². The number of terminal acetylenes is 1. The second kappa shape index (κ2) is 5.74. The molecule has 6 heteroatoms. The molecule has 0 aliphatic heterocycles. The van der Waals surface area contributed by atoms with Crippen LogP contribution in [0.25, 0.3) is 0 Å². The largest absolute Gasteiger partial charge is 0.398 e. The molecule has 0 aromatic heterocycles. The average molecular weight is 331 g/mol. The van der Waals surface area contributed by atoms with Crippen molar-refractivity contribution in [3.8, 4) is 12.3 Å². The molecule has 18 heavy (non-hydrogen) atoms. The Labute approximate surface area is 116 Å². The summed E-state index contributed by atoms with van der Waals surface area (Å²) in [6.07, 6.45) is 5.18. The van der Waals surface area contributed by atoms with Gasteiger partial charge in [0.2, 0.25) is 10.0 Å². The van der Waals surface area contributed by atoms with Crippen LogP contribution in [0.3, 0.4) is 0 Å². The fraction of sp³-hybridized carbons (Fsp3) is 0.333. The summed E-state index contributed by atoms with van der Waals surface area (Å²) in [5.41, 5.74) is 6.75. The van der Waals surface area contributed by atoms with Crippen molar-refractivity contribution in [2.75, 3.05) is 18.8 Å². The number of hydrogen-bond acceptors (Lipinski definition) is 3. The Balaban J connectivity index is 3.37. The highest BCUT2D eigenvalue weighted by molar-refractivity contribution is 9.10. The molecule has 0 bridgehead atoms. The lowest BCUT2D eigenvalue weighted by atomic mass is 10.2. The maximum atomic E-state index is 12.4. The SMILES string of the molecule is C#CCN(CC)S(=O)(=O)c1cc(N)c(Br)cc1C. The van der Waals surface area contributed by atoms with E-state index in [1.807, 2.05) is 0 Å². The van der Waals surface area contributed by atoms with Crippen LogP contribution in [0.4, 0.5) is 5.69 Å². The first kappa shape index (κ1) is 15.0. The van der Waals surface area contributed by atoms with Gasteiger partial charge in [-0.15, -0.1) is 6.42 Å². The molecular formula is C12H15BrN2O2S. The van der Waals surface area contributed by atoms with Gasteiger partial charge in [0.15, 0.2) is 0 Å². The Kier molecular flexibility index (Phi) is 4.79. The Morgan fingerprint density at radius 2 is 2.11 bits per heavy atom. The molecule has 0 amide bonds. The highest BCUT2D eigenvalue weighted by Crippen LogP contribution is 2.28. The van der Waals surface area contributed by atoms with Crippen LogP contribution in [0.2, 0.25) is 0 Å². The van der Waals surface area contributed by atoms with Gasteiger partial charge in [-0.05, 0) is 40.5 Å². The Morgan fingerprint density at radius 1 is 1.50 bits per heavy atom. The van der Waals surface area contributed by atoms with E-state index in [-0.39, 0.29) is 11.4 Å². The Hall–Kier alpha value is -1.03. The van der Waals surface area contributed by atoms with Crippen molar-refractivity contribution < 1.29 is 8.42 Å². The lowest BCUT2D eigenvalue weighted by molar-refractivity contribution is 0.463. The maximum Gasteiger partial charge on any atom is 0.244 e. The van der Waals surface area contributed by atoms with Gasteiger partial charge in [-0.3, -0.25) is 0 Å². The van der Waals surface area contributed by atoms with E-state index in [1.165, 1.54) is 10.4 Å². The van der Waals surface area contributed by atoms with Crippen LogP contribution >= 0.6 is 15.9 Å². The van der Waals surface area contributed by atoms with Gasteiger partial charge in [-0.25, -0.2) is 8.42 Å². The van der Waals surface area contributed by atoms with Crippen molar-refractivity contribution in [1.29, 1.82) is 0 Å². The zero-order chi connectivity index (χ0) is 13.9. The highest BCUT2D eigenvalue weighted by atomic mass is 79.9. The van der Waals surface area contributed by atoms with E-state index in [9.17, 15) is 8.42 Å². The third-order valence-electron chi connectivity index (χ3n) is 2.53. The average Bonchev–Trinajstić information content (AvgIpc) is 2.30. The number of nitrogens with two attached hydrogens (primary N) is 1. The van der Waals surface area contributed by atoms with E-state index in [2.05, 4.69) is 21.9 Å². The van der Waals surface area contributed by atoms with Crippen LogP contribution in [-0.2, 0) is 10.0 Å². The van der Waals surface area contributed by atoms with Gasteiger partial charge in [-0.2, -0.15) is 4.31 Å². The molecule has 4 nitrogen and oxygen atoms in total. The number of anilines is 1. The summed E-state index contributed by atoms with van der Waals surface area (Å²) < 4.78 is 26.7. The van der Waals surface area contributed by atoms with Gasteiger partial charge in [-0.1, -0.05) is 12.8 Å². The summed E-state index contributed by atoms with van der Waals surface area (Å²) in [5.74, 6) is 2.35. The number of halogens is 1. The number of nitrogen functional groups attached to an aromatic ring is 1. The predicted molar refractivity (Wildman–Crippen MR) is 76.6 cm³/mol. The van der Waals surface area contributed by atoms with Crippen molar-refractivity contribution in [2.45, 2.75) is 18.7 Å². The van der Waals surface area contributed by atoms with Gasteiger partial charge in [0, 0.05) is 16.7 Å². The third-order valence-corrected chi connectivity index (χ3v) is 5.28. The quantitative estimate of drug-likeness (QED) is 0.678. The summed E-state index contributed by atoms with van der Waals surface area (Å²) in [4.78, 5) is 0.195. The van der Waals surface area contributed by atoms with E-state index in [4.69, 9.17) is 12.2 Å². The standard InChI is InChI=1S/C12H15BrN2O2S/c1-4-6-15(5-2)18(16,17)12-8-11(14)10(13)7-9(12)3/h1,7-8H,5-6,14H2,2-3H3. The van der Waals surface area contributed by atoms with Gasteiger partial charge < -0.3 is 5.73 Å². The third kappa shape index (κ3) is 2.86. The molecule has 1 rings (SSSR count). The zero-order valence-corrected chi connectivity index (χ0v) is 12.7. The highest BCUT2D eigenvalue weighted by Gasteiger charge is 2.24. The van der Waals surface area contributed by atoms with E-state index in [0.29, 0.717) is 22.3 Å². The number of rotatable bonds is 4. The van der Waals surface area contributed by atoms with Crippen LogP contribution in [0.15, 0.2) is 21.5 Å². The molecule has 0 aliphatic rings. The molecule has 98 valence electrons. The topological polar surface area (TPSA) is 63.4 Å². The predicted octanol–water partition coefficient (Wildman–Crippen LogP) is 1.98. The molecule has 0 heterocycles. The van der Waals surface area contributed by atoms with Crippen molar-refractivity contribution in [3.05, 3.63) is 22.2 Å². The van der Waals surface area contributed by atoms with Crippen LogP contribution in [0.1, 0.15) is 12.5 Å². The smallest absolute Gasteiger partial charge is 0.244 e. The van der Waals surface area contributed by atoms with Gasteiger partial charge in [0.1, 0.15) is 0 Å². The number of benzene rings is 1. The molecule has 1 aromatic carbocycles. The first-order valence-corrected chi connectivity index (χ1v) is 7.57. The molecule has 0 fully saturated rings. The summed E-state index contributed by atoms with van der Waals surface area (Å²) in [7, 11) is -3.59. The number of hydrogen-bond donors (Lipinski definition) is 1. The van der Waals surface area contributed by atoms with Crippen LogP contribution in [0.5, 0.6) is 0 Å². The molecule has 0 atom stereocenters. The van der Waals surface area contributed by atoms with Crippen molar-refractivity contribution in [3.63, 3.8) is 0 Å². The monoisotopic (exact) mass is 330 g/mol. The summed E-state index contributed by atoms with van der Waals surface area (Å²) in [6.45, 7) is 3.84. The minimum absolute atomic E-state index is 0.0498. The Morgan fingerprint density at radius 3 is 2.61 bits per heavy atom. The molecule has 2 N–H and O–H groups in total. The van der Waals surface area contributed by atoms with E-state index >= 15 is 0 Å². The molecule has 1 aromatic rings. The molecule has 0 saturated heterocycles. The molecular weight excluding hydrogens is 316 g/mol. The van der Waals surface area contributed by atoms with Crippen LogP contribution < -0.4 is 5.73 Å². The molecule has 0 radical (unpaired) electrons. The number of aryl methyl sites for hydroxylation is 1.